The molecule has 136 valence electrons. The molecule has 3 atom stereocenters. The van der Waals surface area contributed by atoms with Crippen molar-refractivity contribution in [3.63, 3.8) is 0 Å². The molecule has 2 rings (SSSR count). The Bertz CT molecular complexity index is 495. The second-order valence-electron chi connectivity index (χ2n) is 7.13. The Morgan fingerprint density at radius 3 is 2.54 bits per heavy atom. The standard InChI is InChI=1S/C15H24N4O3.C2H6/c1-15(2,3)22-14(21)19-11(9-17-18-16)8-10-4-5-12(20)6-7-13(10)19;1-2/h10-11,13H,4-9H2,1-3H3;1-2H3/t10-,11?,13+;/m0./s1. The van der Waals surface area contributed by atoms with E-state index in [1.54, 1.807) is 4.90 Å². The van der Waals surface area contributed by atoms with Crippen LogP contribution in [0.1, 0.15) is 66.7 Å². The smallest absolute Gasteiger partial charge is 0.410 e. The summed E-state index contributed by atoms with van der Waals surface area (Å²) in [5.41, 5.74) is 7.98. The monoisotopic (exact) mass is 338 g/mol. The Kier molecular flexibility index (Phi) is 7.55. The second-order valence-corrected chi connectivity index (χ2v) is 7.13. The van der Waals surface area contributed by atoms with Crippen LogP contribution in [0.5, 0.6) is 0 Å². The van der Waals surface area contributed by atoms with Gasteiger partial charge in [0.25, 0.3) is 0 Å². The average molecular weight is 338 g/mol. The van der Waals surface area contributed by atoms with Crippen LogP contribution in [0.4, 0.5) is 4.79 Å². The lowest BCUT2D eigenvalue weighted by molar-refractivity contribution is -0.119. The molecule has 1 saturated heterocycles. The van der Waals surface area contributed by atoms with Crippen molar-refractivity contribution in [3.05, 3.63) is 10.4 Å². The summed E-state index contributed by atoms with van der Waals surface area (Å²) in [6.45, 7) is 9.75. The lowest BCUT2D eigenvalue weighted by Crippen LogP contribution is -2.46. The van der Waals surface area contributed by atoms with Crippen molar-refractivity contribution in [3.8, 4) is 0 Å². The van der Waals surface area contributed by atoms with Gasteiger partial charge in [-0.2, -0.15) is 0 Å². The molecule has 7 nitrogen and oxygen atoms in total. The van der Waals surface area contributed by atoms with E-state index in [0.29, 0.717) is 19.3 Å². The lowest BCUT2D eigenvalue weighted by Gasteiger charge is -2.32. The van der Waals surface area contributed by atoms with Gasteiger partial charge >= 0.3 is 6.09 Å². The summed E-state index contributed by atoms with van der Waals surface area (Å²) in [5, 5.41) is 3.64. The highest BCUT2D eigenvalue weighted by Crippen LogP contribution is 2.39. The number of fused-ring (bicyclic) bond motifs is 1. The number of hydrogen-bond donors (Lipinski definition) is 0. The van der Waals surface area contributed by atoms with Gasteiger partial charge in [0.1, 0.15) is 11.4 Å². The maximum Gasteiger partial charge on any atom is 0.410 e. The Morgan fingerprint density at radius 1 is 1.33 bits per heavy atom. The molecule has 1 saturated carbocycles. The second kappa shape index (κ2) is 8.92. The van der Waals surface area contributed by atoms with E-state index < -0.39 is 5.60 Å². The molecule has 1 unspecified atom stereocenters. The fraction of sp³-hybridized carbons (Fsp3) is 0.882. The van der Waals surface area contributed by atoms with Gasteiger partial charge in [-0.3, -0.25) is 4.79 Å². The highest BCUT2D eigenvalue weighted by atomic mass is 16.6. The van der Waals surface area contributed by atoms with E-state index in [1.807, 2.05) is 34.6 Å². The van der Waals surface area contributed by atoms with E-state index >= 15 is 0 Å². The van der Waals surface area contributed by atoms with E-state index in [1.165, 1.54) is 0 Å². The molecule has 0 aromatic heterocycles. The quantitative estimate of drug-likeness (QED) is 0.422. The maximum absolute atomic E-state index is 12.6. The van der Waals surface area contributed by atoms with E-state index in [2.05, 4.69) is 10.0 Å². The van der Waals surface area contributed by atoms with E-state index in [0.717, 1.165) is 12.8 Å². The van der Waals surface area contributed by atoms with E-state index in [9.17, 15) is 9.59 Å². The van der Waals surface area contributed by atoms with Gasteiger partial charge in [-0.25, -0.2) is 4.79 Å². The molecule has 0 spiro atoms. The van der Waals surface area contributed by atoms with Gasteiger partial charge in [0.05, 0.1) is 0 Å². The largest absolute Gasteiger partial charge is 0.444 e. The van der Waals surface area contributed by atoms with Crippen LogP contribution in [0.15, 0.2) is 5.11 Å². The minimum absolute atomic E-state index is 0.0141. The number of carbonyl (C=O) groups excluding carboxylic acids is 2. The number of amides is 1. The van der Waals surface area contributed by atoms with Gasteiger partial charge in [-0.15, -0.1) is 0 Å². The number of nitrogens with zero attached hydrogens (tertiary/aromatic N) is 4. The fourth-order valence-corrected chi connectivity index (χ4v) is 3.48. The predicted molar refractivity (Wildman–Crippen MR) is 92.6 cm³/mol. The highest BCUT2D eigenvalue weighted by Gasteiger charge is 2.45. The van der Waals surface area contributed by atoms with Crippen LogP contribution in [0.2, 0.25) is 0 Å². The molecule has 1 aliphatic carbocycles. The number of rotatable bonds is 2. The van der Waals surface area contributed by atoms with Crippen molar-refractivity contribution in [1.29, 1.82) is 0 Å². The molecule has 0 aromatic carbocycles. The van der Waals surface area contributed by atoms with Crippen LogP contribution >= 0.6 is 0 Å². The summed E-state index contributed by atoms with van der Waals surface area (Å²) in [7, 11) is 0. The van der Waals surface area contributed by atoms with Crippen molar-refractivity contribution in [2.75, 3.05) is 6.54 Å². The molecule has 7 heteroatoms. The Hall–Kier alpha value is -1.75. The Balaban J connectivity index is 0.00000139. The summed E-state index contributed by atoms with van der Waals surface area (Å²) < 4.78 is 5.52. The first-order valence-electron chi connectivity index (χ1n) is 8.85. The number of azide groups is 1. The number of ether oxygens (including phenoxy) is 1. The molecule has 0 bridgehead atoms. The number of likely N-dealkylation sites (tertiary alicyclic amines) is 1. The zero-order valence-electron chi connectivity index (χ0n) is 15.5. The van der Waals surface area contributed by atoms with Crippen LogP contribution in [0.25, 0.3) is 10.4 Å². The Morgan fingerprint density at radius 2 is 1.96 bits per heavy atom. The van der Waals surface area contributed by atoms with Gasteiger partial charge in [-0.1, -0.05) is 19.0 Å². The van der Waals surface area contributed by atoms with Gasteiger partial charge in [0, 0.05) is 36.4 Å². The zero-order chi connectivity index (χ0) is 18.3. The van der Waals surface area contributed by atoms with Gasteiger partial charge < -0.3 is 9.64 Å². The molecule has 24 heavy (non-hydrogen) atoms. The number of carbonyl (C=O) groups is 2. The van der Waals surface area contributed by atoms with Crippen molar-refractivity contribution < 1.29 is 14.3 Å². The molecule has 1 aliphatic heterocycles. The van der Waals surface area contributed by atoms with E-state index in [-0.39, 0.29) is 36.4 Å². The van der Waals surface area contributed by atoms with Gasteiger partial charge in [0.2, 0.25) is 0 Å². The van der Waals surface area contributed by atoms with Crippen molar-refractivity contribution in [2.45, 2.75) is 84.4 Å². The fourth-order valence-electron chi connectivity index (χ4n) is 3.48. The summed E-state index contributed by atoms with van der Waals surface area (Å²) in [6, 6.07) is -0.117. The van der Waals surface area contributed by atoms with Crippen LogP contribution in [-0.4, -0.2) is 41.0 Å². The third kappa shape index (κ3) is 5.41. The molecule has 0 aromatic rings. The molecular weight excluding hydrogens is 308 g/mol. The topological polar surface area (TPSA) is 95.4 Å². The van der Waals surface area contributed by atoms with Crippen LogP contribution in [0.3, 0.4) is 0 Å². The van der Waals surface area contributed by atoms with Crippen molar-refractivity contribution >= 4 is 11.9 Å². The molecule has 0 N–H and O–H groups in total. The minimum Gasteiger partial charge on any atom is -0.444 e. The van der Waals surface area contributed by atoms with Gasteiger partial charge in [0.15, 0.2) is 0 Å². The minimum atomic E-state index is -0.571. The molecule has 1 amide bonds. The lowest BCUT2D eigenvalue weighted by atomic mass is 9.94. The number of ketones is 1. The summed E-state index contributed by atoms with van der Waals surface area (Å²) in [4.78, 5) is 28.8. The highest BCUT2D eigenvalue weighted by molar-refractivity contribution is 5.79. The van der Waals surface area contributed by atoms with Crippen molar-refractivity contribution in [2.24, 2.45) is 11.0 Å². The van der Waals surface area contributed by atoms with Crippen molar-refractivity contribution in [1.82, 2.24) is 4.90 Å². The van der Waals surface area contributed by atoms with Crippen LogP contribution < -0.4 is 0 Å². The summed E-state index contributed by atoms with van der Waals surface area (Å²) >= 11 is 0. The first-order valence-corrected chi connectivity index (χ1v) is 8.85. The third-order valence-electron chi connectivity index (χ3n) is 4.34. The predicted octanol–water partition coefficient (Wildman–Crippen LogP) is 4.46. The molecule has 0 radical (unpaired) electrons. The maximum atomic E-state index is 12.6. The number of Topliss-reactive ketones (excluding diaryl/α,β-unsaturated/α-hetero) is 1. The summed E-state index contributed by atoms with van der Waals surface area (Å²) in [5.74, 6) is 0.558. The normalized spacial score (nSPS) is 26.5. The van der Waals surface area contributed by atoms with Crippen LogP contribution in [-0.2, 0) is 9.53 Å². The Labute approximate surface area is 144 Å². The molecular formula is C17H30N4O3. The zero-order valence-corrected chi connectivity index (χ0v) is 15.5. The first kappa shape index (κ1) is 20.3. The first-order chi connectivity index (χ1) is 11.3. The van der Waals surface area contributed by atoms with Crippen LogP contribution in [0, 0.1) is 5.92 Å². The van der Waals surface area contributed by atoms with Gasteiger partial charge in [-0.05, 0) is 51.5 Å². The molecule has 2 fully saturated rings. The van der Waals surface area contributed by atoms with E-state index in [4.69, 9.17) is 10.3 Å². The summed E-state index contributed by atoms with van der Waals surface area (Å²) in [6.07, 6.45) is 2.97. The average Bonchev–Trinajstić information content (AvgIpc) is 2.77. The number of hydrogen-bond acceptors (Lipinski definition) is 4. The third-order valence-corrected chi connectivity index (χ3v) is 4.34. The molecule has 2 aliphatic rings. The SMILES string of the molecule is CC.CC(C)(C)OC(=O)N1C(CN=[N+]=[N-])C[C@@H]2CCC(=O)CC[C@H]21. The molecule has 1 heterocycles.